The lowest BCUT2D eigenvalue weighted by atomic mass is 10.2. The summed E-state index contributed by atoms with van der Waals surface area (Å²) in [5.41, 5.74) is 1.99. The Bertz CT molecular complexity index is 791. The molecule has 7 heteroatoms. The second-order valence-electron chi connectivity index (χ2n) is 6.10. The van der Waals surface area contributed by atoms with Gasteiger partial charge in [0.2, 0.25) is 10.1 Å². The molecular formula is C16H18ClN5S. The van der Waals surface area contributed by atoms with E-state index >= 15 is 0 Å². The van der Waals surface area contributed by atoms with E-state index in [-0.39, 0.29) is 0 Å². The van der Waals surface area contributed by atoms with Crippen molar-refractivity contribution in [3.05, 3.63) is 35.5 Å². The molecule has 120 valence electrons. The van der Waals surface area contributed by atoms with E-state index < -0.39 is 0 Å². The van der Waals surface area contributed by atoms with Gasteiger partial charge in [0.05, 0.1) is 11.9 Å². The van der Waals surface area contributed by atoms with Crippen LogP contribution in [-0.2, 0) is 0 Å². The minimum atomic E-state index is 0.607. The van der Waals surface area contributed by atoms with Crippen molar-refractivity contribution < 1.29 is 0 Å². The quantitative estimate of drug-likeness (QED) is 0.728. The van der Waals surface area contributed by atoms with Crippen LogP contribution < -0.4 is 4.90 Å². The number of benzene rings is 1. The number of halogens is 1. The van der Waals surface area contributed by atoms with Gasteiger partial charge in [-0.15, -0.1) is 5.10 Å². The Labute approximate surface area is 144 Å². The standard InChI is InChI=1S/C16H18ClN5S/c1-20(2)13-7-8-21(9-13)16-19-22-10-14(18-15(22)23-16)11-3-5-12(17)6-4-11/h3-6,10,13H,7-9H2,1-2H3. The monoisotopic (exact) mass is 347 g/mol. The molecule has 3 heterocycles. The molecule has 0 saturated carbocycles. The SMILES string of the molecule is CN(C)C1CCN(c2nn3cc(-c4ccc(Cl)cc4)nc3s2)C1. The lowest BCUT2D eigenvalue weighted by Crippen LogP contribution is -2.31. The van der Waals surface area contributed by atoms with Crippen LogP contribution in [0.1, 0.15) is 6.42 Å². The van der Waals surface area contributed by atoms with Crippen LogP contribution in [0.15, 0.2) is 30.5 Å². The number of nitrogens with zero attached hydrogens (tertiary/aromatic N) is 5. The van der Waals surface area contributed by atoms with Gasteiger partial charge in [0.15, 0.2) is 0 Å². The van der Waals surface area contributed by atoms with Gasteiger partial charge in [-0.3, -0.25) is 0 Å². The number of hydrogen-bond donors (Lipinski definition) is 0. The molecule has 1 atom stereocenters. The number of anilines is 1. The summed E-state index contributed by atoms with van der Waals surface area (Å²) in [5.74, 6) is 0. The first-order valence-electron chi connectivity index (χ1n) is 7.64. The molecule has 1 fully saturated rings. The average Bonchev–Trinajstić information content (AvgIpc) is 3.21. The third-order valence-corrected chi connectivity index (χ3v) is 5.57. The Morgan fingerprint density at radius 2 is 2.04 bits per heavy atom. The van der Waals surface area contributed by atoms with E-state index in [0.717, 1.165) is 39.5 Å². The summed E-state index contributed by atoms with van der Waals surface area (Å²) < 4.78 is 1.88. The van der Waals surface area contributed by atoms with Gasteiger partial charge in [0.1, 0.15) is 0 Å². The maximum Gasteiger partial charge on any atom is 0.214 e. The van der Waals surface area contributed by atoms with Gasteiger partial charge in [0.25, 0.3) is 0 Å². The van der Waals surface area contributed by atoms with Gasteiger partial charge in [-0.2, -0.15) is 0 Å². The number of fused-ring (bicyclic) bond motifs is 1. The van der Waals surface area contributed by atoms with Crippen molar-refractivity contribution in [2.24, 2.45) is 0 Å². The third-order valence-electron chi connectivity index (χ3n) is 4.34. The highest BCUT2D eigenvalue weighted by Gasteiger charge is 2.26. The molecule has 4 rings (SSSR count). The highest BCUT2D eigenvalue weighted by molar-refractivity contribution is 7.20. The van der Waals surface area contributed by atoms with E-state index in [0.29, 0.717) is 6.04 Å². The number of rotatable bonds is 3. The first kappa shape index (κ1) is 14.9. The highest BCUT2D eigenvalue weighted by atomic mass is 35.5. The van der Waals surface area contributed by atoms with Crippen LogP contribution in [-0.4, -0.2) is 52.7 Å². The fraction of sp³-hybridized carbons (Fsp3) is 0.375. The first-order valence-corrected chi connectivity index (χ1v) is 8.83. The minimum absolute atomic E-state index is 0.607. The first-order chi connectivity index (χ1) is 11.1. The molecule has 1 aliphatic rings. The molecule has 0 aliphatic carbocycles. The van der Waals surface area contributed by atoms with Crippen LogP contribution in [0.25, 0.3) is 16.2 Å². The van der Waals surface area contributed by atoms with Crippen molar-refractivity contribution in [2.75, 3.05) is 32.1 Å². The number of hydrogen-bond acceptors (Lipinski definition) is 5. The van der Waals surface area contributed by atoms with Gasteiger partial charge in [0, 0.05) is 29.7 Å². The molecule has 1 unspecified atom stereocenters. The average molecular weight is 348 g/mol. The van der Waals surface area contributed by atoms with Crippen LogP contribution in [0.3, 0.4) is 0 Å². The Kier molecular flexibility index (Phi) is 3.75. The van der Waals surface area contributed by atoms with E-state index in [1.807, 2.05) is 35.0 Å². The summed E-state index contributed by atoms with van der Waals surface area (Å²) in [6.45, 7) is 2.09. The van der Waals surface area contributed by atoms with Gasteiger partial charge in [-0.05, 0) is 32.6 Å². The summed E-state index contributed by atoms with van der Waals surface area (Å²) >= 11 is 7.59. The fourth-order valence-corrected chi connectivity index (χ4v) is 3.96. The molecule has 0 N–H and O–H groups in total. The van der Waals surface area contributed by atoms with Crippen molar-refractivity contribution in [2.45, 2.75) is 12.5 Å². The van der Waals surface area contributed by atoms with Gasteiger partial charge < -0.3 is 9.80 Å². The molecular weight excluding hydrogens is 330 g/mol. The van der Waals surface area contributed by atoms with Crippen molar-refractivity contribution in [1.29, 1.82) is 0 Å². The highest BCUT2D eigenvalue weighted by Crippen LogP contribution is 2.29. The summed E-state index contributed by atoms with van der Waals surface area (Å²) in [7, 11) is 4.28. The molecule has 0 bridgehead atoms. The third kappa shape index (κ3) is 2.82. The van der Waals surface area contributed by atoms with Crippen LogP contribution in [0.4, 0.5) is 5.13 Å². The van der Waals surface area contributed by atoms with Crippen LogP contribution in [0.5, 0.6) is 0 Å². The second-order valence-corrected chi connectivity index (χ2v) is 7.47. The van der Waals surface area contributed by atoms with Crippen molar-refractivity contribution >= 4 is 33.0 Å². The van der Waals surface area contributed by atoms with E-state index in [1.165, 1.54) is 6.42 Å². The van der Waals surface area contributed by atoms with Crippen LogP contribution in [0, 0.1) is 0 Å². The summed E-state index contributed by atoms with van der Waals surface area (Å²) in [6.07, 6.45) is 3.17. The number of likely N-dealkylation sites (N-methyl/N-ethyl adjacent to an activating group) is 1. The zero-order valence-corrected chi connectivity index (χ0v) is 14.7. The Balaban J connectivity index is 1.58. The molecule has 0 spiro atoms. The zero-order chi connectivity index (χ0) is 16.0. The fourth-order valence-electron chi connectivity index (χ4n) is 2.91. The smallest absolute Gasteiger partial charge is 0.214 e. The molecule has 1 aliphatic heterocycles. The van der Waals surface area contributed by atoms with Gasteiger partial charge in [-0.25, -0.2) is 9.50 Å². The molecule has 2 aromatic heterocycles. The van der Waals surface area contributed by atoms with Crippen molar-refractivity contribution in [3.63, 3.8) is 0 Å². The predicted molar refractivity (Wildman–Crippen MR) is 95.6 cm³/mol. The Morgan fingerprint density at radius 3 is 2.70 bits per heavy atom. The Hall–Kier alpha value is -1.63. The number of aromatic nitrogens is 3. The molecule has 0 amide bonds. The molecule has 5 nitrogen and oxygen atoms in total. The molecule has 1 aromatic carbocycles. The Morgan fingerprint density at radius 1 is 1.26 bits per heavy atom. The van der Waals surface area contributed by atoms with Crippen molar-refractivity contribution in [1.82, 2.24) is 19.5 Å². The van der Waals surface area contributed by atoms with E-state index in [4.69, 9.17) is 21.7 Å². The van der Waals surface area contributed by atoms with Crippen molar-refractivity contribution in [3.8, 4) is 11.3 Å². The van der Waals surface area contributed by atoms with E-state index in [9.17, 15) is 0 Å². The largest absolute Gasteiger partial charge is 0.345 e. The molecule has 3 aromatic rings. The summed E-state index contributed by atoms with van der Waals surface area (Å²) in [6, 6.07) is 8.34. The normalized spacial score (nSPS) is 18.4. The summed E-state index contributed by atoms with van der Waals surface area (Å²) in [4.78, 5) is 10.3. The lowest BCUT2D eigenvalue weighted by molar-refractivity contribution is 0.315. The number of imidazole rings is 1. The maximum atomic E-state index is 5.94. The summed E-state index contributed by atoms with van der Waals surface area (Å²) in [5, 5.41) is 6.50. The lowest BCUT2D eigenvalue weighted by Gasteiger charge is -2.19. The van der Waals surface area contributed by atoms with Crippen LogP contribution >= 0.6 is 22.9 Å². The second kappa shape index (κ2) is 5.78. The zero-order valence-electron chi connectivity index (χ0n) is 13.1. The molecule has 1 saturated heterocycles. The minimum Gasteiger partial charge on any atom is -0.345 e. The van der Waals surface area contributed by atoms with Gasteiger partial charge >= 0.3 is 0 Å². The molecule has 23 heavy (non-hydrogen) atoms. The van der Waals surface area contributed by atoms with E-state index in [2.05, 4.69) is 23.9 Å². The topological polar surface area (TPSA) is 36.7 Å². The predicted octanol–water partition coefficient (Wildman–Crippen LogP) is 3.25. The molecule has 0 radical (unpaired) electrons. The van der Waals surface area contributed by atoms with Gasteiger partial charge in [-0.1, -0.05) is 35.1 Å². The van der Waals surface area contributed by atoms with E-state index in [1.54, 1.807) is 11.3 Å². The maximum absolute atomic E-state index is 5.94. The van der Waals surface area contributed by atoms with Crippen LogP contribution in [0.2, 0.25) is 5.02 Å².